The maximum Gasteiger partial charge on any atom is 0.325 e. The van der Waals surface area contributed by atoms with Crippen LogP contribution in [0.5, 0.6) is 5.75 Å². The largest absolute Gasteiger partial charge is 0.467 e. The molecule has 2 bridgehead atoms. The maximum absolute atomic E-state index is 12.9. The minimum atomic E-state index is -0.873. The zero-order valence-corrected chi connectivity index (χ0v) is 15.1. The van der Waals surface area contributed by atoms with Crippen LogP contribution in [0.15, 0.2) is 47.4 Å². The van der Waals surface area contributed by atoms with Gasteiger partial charge in [0, 0.05) is 29.0 Å². The molecule has 8 heteroatoms. The predicted octanol–water partition coefficient (Wildman–Crippen LogP) is 4.09. The second-order valence-electron chi connectivity index (χ2n) is 6.47. The molecule has 1 N–H and O–H groups in total. The molecule has 2 atom stereocenters. The molecular formula is C18H17N3O4S. The molecule has 1 fully saturated rings. The Morgan fingerprint density at radius 2 is 2.12 bits per heavy atom. The zero-order chi connectivity index (χ0) is 18.5. The normalized spacial score (nSPS) is 23.7. The first-order valence-electron chi connectivity index (χ1n) is 8.14. The van der Waals surface area contributed by atoms with Crippen molar-refractivity contribution in [3.8, 4) is 5.75 Å². The number of anilines is 1. The number of hydrogen-bond donors (Lipinski definition) is 1. The van der Waals surface area contributed by atoms with Crippen molar-refractivity contribution in [3.63, 3.8) is 0 Å². The quantitative estimate of drug-likeness (QED) is 0.499. The van der Waals surface area contributed by atoms with Gasteiger partial charge in [-0.05, 0) is 31.4 Å². The lowest BCUT2D eigenvalue weighted by molar-refractivity contribution is -0.385. The Balaban J connectivity index is 1.80. The van der Waals surface area contributed by atoms with Crippen molar-refractivity contribution in [2.24, 2.45) is 0 Å². The molecule has 0 aromatic heterocycles. The molecular weight excluding hydrogens is 354 g/mol. The van der Waals surface area contributed by atoms with Gasteiger partial charge >= 0.3 is 6.03 Å². The number of carbonyl (C=O) groups is 1. The summed E-state index contributed by atoms with van der Waals surface area (Å²) in [4.78, 5) is 26.1. The monoisotopic (exact) mass is 371 g/mol. The van der Waals surface area contributed by atoms with Gasteiger partial charge < -0.3 is 10.1 Å². The van der Waals surface area contributed by atoms with Crippen molar-refractivity contribution in [1.82, 2.24) is 5.32 Å². The Kier molecular flexibility index (Phi) is 3.80. The van der Waals surface area contributed by atoms with E-state index in [1.807, 2.05) is 37.4 Å². The molecule has 0 aliphatic carbocycles. The number of rotatable bonds is 3. The fourth-order valence-electron chi connectivity index (χ4n) is 3.65. The summed E-state index contributed by atoms with van der Waals surface area (Å²) in [7, 11) is 0. The minimum Gasteiger partial charge on any atom is -0.467 e. The van der Waals surface area contributed by atoms with Crippen molar-refractivity contribution < 1.29 is 14.5 Å². The first-order chi connectivity index (χ1) is 12.4. The summed E-state index contributed by atoms with van der Waals surface area (Å²) in [5.74, 6) is 0.556. The Hall–Kier alpha value is -2.74. The maximum atomic E-state index is 12.9. The first kappa shape index (κ1) is 16.7. The molecule has 2 aliphatic rings. The average Bonchev–Trinajstić information content (AvgIpc) is 2.61. The summed E-state index contributed by atoms with van der Waals surface area (Å²) in [5.41, 5.74) is 0.536. The number of benzene rings is 2. The SMILES string of the molecule is CSc1ccccc1N1C(=O)NC2CC1(C)Oc1ccc([N+](=O)[O-])cc12. The summed E-state index contributed by atoms with van der Waals surface area (Å²) < 4.78 is 6.20. The predicted molar refractivity (Wildman–Crippen MR) is 98.7 cm³/mol. The number of carbonyl (C=O) groups excluding carboxylic acids is 1. The number of urea groups is 1. The summed E-state index contributed by atoms with van der Waals surface area (Å²) in [6.07, 6.45) is 2.46. The second-order valence-corrected chi connectivity index (χ2v) is 7.32. The van der Waals surface area contributed by atoms with Gasteiger partial charge in [-0.15, -0.1) is 11.8 Å². The van der Waals surface area contributed by atoms with Crippen molar-refractivity contribution in [1.29, 1.82) is 0 Å². The number of para-hydroxylation sites is 1. The highest BCUT2D eigenvalue weighted by Crippen LogP contribution is 2.47. The molecule has 7 nitrogen and oxygen atoms in total. The van der Waals surface area contributed by atoms with Gasteiger partial charge in [0.05, 0.1) is 16.7 Å². The third-order valence-corrected chi connectivity index (χ3v) is 5.58. The van der Waals surface area contributed by atoms with Crippen molar-refractivity contribution in [3.05, 3.63) is 58.1 Å². The molecule has 2 aromatic rings. The lowest BCUT2D eigenvalue weighted by Crippen LogP contribution is -2.65. The Labute approximate surface area is 154 Å². The van der Waals surface area contributed by atoms with Gasteiger partial charge in [-0.2, -0.15) is 0 Å². The fraction of sp³-hybridized carbons (Fsp3) is 0.278. The number of hydrogen-bond acceptors (Lipinski definition) is 5. The van der Waals surface area contributed by atoms with Crippen LogP contribution in [0.4, 0.5) is 16.2 Å². The summed E-state index contributed by atoms with van der Waals surface area (Å²) >= 11 is 1.56. The van der Waals surface area contributed by atoms with Crippen LogP contribution in [0, 0.1) is 10.1 Å². The van der Waals surface area contributed by atoms with Gasteiger partial charge in [-0.25, -0.2) is 4.79 Å². The van der Waals surface area contributed by atoms with Crippen LogP contribution in [0.2, 0.25) is 0 Å². The summed E-state index contributed by atoms with van der Waals surface area (Å²) in [6, 6.07) is 11.6. The number of thioether (sulfide) groups is 1. The lowest BCUT2D eigenvalue weighted by atomic mass is 9.90. The molecule has 2 aromatic carbocycles. The number of fused-ring (bicyclic) bond motifs is 4. The smallest absolute Gasteiger partial charge is 0.325 e. The summed E-state index contributed by atoms with van der Waals surface area (Å²) in [6.45, 7) is 1.88. The number of nitro groups is 1. The minimum absolute atomic E-state index is 0.0136. The number of nitrogens with one attached hydrogen (secondary N) is 1. The van der Waals surface area contributed by atoms with Crippen molar-refractivity contribution >= 4 is 29.2 Å². The van der Waals surface area contributed by atoms with Crippen LogP contribution in [-0.4, -0.2) is 22.9 Å². The number of nitrogens with zero attached hydrogens (tertiary/aromatic N) is 2. The van der Waals surface area contributed by atoms with Crippen LogP contribution >= 0.6 is 11.8 Å². The lowest BCUT2D eigenvalue weighted by Gasteiger charge is -2.50. The van der Waals surface area contributed by atoms with Crippen LogP contribution in [-0.2, 0) is 0 Å². The van der Waals surface area contributed by atoms with E-state index in [0.717, 1.165) is 10.6 Å². The number of nitro benzene ring substituents is 1. The van der Waals surface area contributed by atoms with E-state index in [1.165, 1.54) is 12.1 Å². The highest BCUT2D eigenvalue weighted by Gasteiger charge is 2.50. The Bertz CT molecular complexity index is 919. The van der Waals surface area contributed by atoms with E-state index < -0.39 is 10.6 Å². The molecule has 2 amide bonds. The molecule has 134 valence electrons. The average molecular weight is 371 g/mol. The zero-order valence-electron chi connectivity index (χ0n) is 14.3. The van der Waals surface area contributed by atoms with Gasteiger partial charge in [0.2, 0.25) is 0 Å². The molecule has 2 aliphatic heterocycles. The number of ether oxygens (including phenoxy) is 1. The van der Waals surface area contributed by atoms with Crippen LogP contribution in [0.1, 0.15) is 24.9 Å². The van der Waals surface area contributed by atoms with Crippen LogP contribution in [0.3, 0.4) is 0 Å². The first-order valence-corrected chi connectivity index (χ1v) is 9.36. The molecule has 26 heavy (non-hydrogen) atoms. The van der Waals surface area contributed by atoms with E-state index >= 15 is 0 Å². The fourth-order valence-corrected chi connectivity index (χ4v) is 4.24. The van der Waals surface area contributed by atoms with Gasteiger partial charge in [0.15, 0.2) is 5.72 Å². The molecule has 0 saturated carbocycles. The number of amides is 2. The topological polar surface area (TPSA) is 84.7 Å². The summed E-state index contributed by atoms with van der Waals surface area (Å²) in [5, 5.41) is 14.0. The highest BCUT2D eigenvalue weighted by atomic mass is 32.2. The second kappa shape index (κ2) is 5.91. The molecule has 2 unspecified atom stereocenters. The molecule has 0 spiro atoms. The van der Waals surface area contributed by atoms with E-state index in [9.17, 15) is 14.9 Å². The van der Waals surface area contributed by atoms with E-state index in [-0.39, 0.29) is 17.8 Å². The molecule has 0 radical (unpaired) electrons. The van der Waals surface area contributed by atoms with Crippen molar-refractivity contribution in [2.45, 2.75) is 30.0 Å². The van der Waals surface area contributed by atoms with Gasteiger partial charge in [0.25, 0.3) is 5.69 Å². The molecule has 1 saturated heterocycles. The van der Waals surface area contributed by atoms with E-state index in [4.69, 9.17) is 4.74 Å². The Morgan fingerprint density at radius 3 is 2.85 bits per heavy atom. The number of non-ortho nitro benzene ring substituents is 1. The van der Waals surface area contributed by atoms with E-state index in [1.54, 1.807) is 22.7 Å². The van der Waals surface area contributed by atoms with Crippen molar-refractivity contribution in [2.75, 3.05) is 11.2 Å². The van der Waals surface area contributed by atoms with Crippen LogP contribution in [0.25, 0.3) is 0 Å². The standard InChI is InChI=1S/C18H17N3O4S/c1-18-10-13(12-9-11(21(23)24)7-8-15(12)25-18)19-17(22)20(18)14-5-3-4-6-16(14)26-2/h3-9,13H,10H2,1-2H3,(H,19,22). The molecule has 2 heterocycles. The third kappa shape index (κ3) is 2.48. The van der Waals surface area contributed by atoms with E-state index in [0.29, 0.717) is 17.7 Å². The van der Waals surface area contributed by atoms with Gasteiger partial charge in [-0.1, -0.05) is 12.1 Å². The Morgan fingerprint density at radius 1 is 1.35 bits per heavy atom. The van der Waals surface area contributed by atoms with Crippen LogP contribution < -0.4 is 15.0 Å². The third-order valence-electron chi connectivity index (χ3n) is 4.79. The van der Waals surface area contributed by atoms with Gasteiger partial charge in [0.1, 0.15) is 5.75 Å². The molecule has 4 rings (SSSR count). The van der Waals surface area contributed by atoms with Gasteiger partial charge in [-0.3, -0.25) is 15.0 Å². The highest BCUT2D eigenvalue weighted by molar-refractivity contribution is 7.98. The van der Waals surface area contributed by atoms with E-state index in [2.05, 4.69) is 5.32 Å².